The van der Waals surface area contributed by atoms with E-state index in [0.29, 0.717) is 17.3 Å². The van der Waals surface area contributed by atoms with Gasteiger partial charge in [0.1, 0.15) is 5.75 Å². The second kappa shape index (κ2) is 10.5. The molecule has 2 aromatic rings. The van der Waals surface area contributed by atoms with Crippen molar-refractivity contribution in [3.63, 3.8) is 0 Å². The van der Waals surface area contributed by atoms with Gasteiger partial charge in [-0.3, -0.25) is 9.69 Å². The fraction of sp³-hybridized carbons (Fsp3) is 0.435. The van der Waals surface area contributed by atoms with Gasteiger partial charge in [0.25, 0.3) is 5.91 Å². The highest BCUT2D eigenvalue weighted by Gasteiger charge is 2.22. The lowest BCUT2D eigenvalue weighted by Crippen LogP contribution is -2.40. The molecule has 28 heavy (non-hydrogen) atoms. The lowest BCUT2D eigenvalue weighted by Gasteiger charge is -2.31. The number of hydrogen-bond acceptors (Lipinski definition) is 3. The summed E-state index contributed by atoms with van der Waals surface area (Å²) in [5, 5.41) is 3.66. The van der Waals surface area contributed by atoms with Gasteiger partial charge in [-0.15, -0.1) is 0 Å². The van der Waals surface area contributed by atoms with Gasteiger partial charge in [-0.05, 0) is 56.6 Å². The number of carbonyl (C=O) groups is 1. The van der Waals surface area contributed by atoms with Crippen molar-refractivity contribution >= 4 is 17.5 Å². The maximum atomic E-state index is 12.4. The van der Waals surface area contributed by atoms with E-state index in [0.717, 1.165) is 13.1 Å². The molecule has 0 aliphatic carbocycles. The molecule has 1 amide bonds. The molecule has 1 fully saturated rings. The van der Waals surface area contributed by atoms with Crippen LogP contribution < -0.4 is 10.1 Å². The second-order valence-corrected chi connectivity index (χ2v) is 7.86. The minimum atomic E-state index is -0.119. The quantitative estimate of drug-likeness (QED) is 0.728. The van der Waals surface area contributed by atoms with Crippen molar-refractivity contribution in [2.75, 3.05) is 26.2 Å². The van der Waals surface area contributed by atoms with Crippen molar-refractivity contribution < 1.29 is 9.53 Å². The highest BCUT2D eigenvalue weighted by Crippen LogP contribution is 2.24. The molecule has 1 aliphatic rings. The Bertz CT molecular complexity index is 755. The van der Waals surface area contributed by atoms with Crippen molar-refractivity contribution in [2.45, 2.75) is 38.6 Å². The Hall–Kier alpha value is -2.04. The van der Waals surface area contributed by atoms with E-state index in [1.54, 1.807) is 18.2 Å². The smallest absolute Gasteiger partial charge is 0.258 e. The zero-order valence-electron chi connectivity index (χ0n) is 16.5. The van der Waals surface area contributed by atoms with Gasteiger partial charge in [0, 0.05) is 11.6 Å². The van der Waals surface area contributed by atoms with Crippen LogP contribution in [0.25, 0.3) is 0 Å². The summed E-state index contributed by atoms with van der Waals surface area (Å²) in [5.41, 5.74) is 2.50. The number of rotatable bonds is 7. The van der Waals surface area contributed by atoms with E-state index in [1.165, 1.54) is 36.8 Å². The summed E-state index contributed by atoms with van der Waals surface area (Å²) < 4.78 is 5.56. The Kier molecular flexibility index (Phi) is 7.75. The second-order valence-electron chi connectivity index (χ2n) is 7.43. The molecular formula is C23H29ClN2O2. The Morgan fingerprint density at radius 2 is 1.82 bits per heavy atom. The third-order valence-electron chi connectivity index (χ3n) is 5.20. The minimum absolute atomic E-state index is 0.0129. The van der Waals surface area contributed by atoms with Gasteiger partial charge in [0.2, 0.25) is 0 Å². The van der Waals surface area contributed by atoms with Gasteiger partial charge in [-0.2, -0.15) is 0 Å². The number of halogens is 1. The molecule has 0 bridgehead atoms. The average molecular weight is 401 g/mol. The number of nitrogens with zero attached hydrogens (tertiary/aromatic N) is 1. The molecular weight excluding hydrogens is 372 g/mol. The van der Waals surface area contributed by atoms with E-state index in [1.807, 2.05) is 6.07 Å². The Labute approximate surface area is 172 Å². The molecule has 1 saturated heterocycles. The lowest BCUT2D eigenvalue weighted by atomic mass is 10.0. The molecule has 0 aromatic heterocycles. The van der Waals surface area contributed by atoms with Crippen LogP contribution in [0.2, 0.25) is 5.02 Å². The highest BCUT2D eigenvalue weighted by molar-refractivity contribution is 6.30. The van der Waals surface area contributed by atoms with Crippen molar-refractivity contribution in [2.24, 2.45) is 0 Å². The topological polar surface area (TPSA) is 41.6 Å². The van der Waals surface area contributed by atoms with E-state index in [2.05, 4.69) is 41.4 Å². The van der Waals surface area contributed by atoms with Crippen LogP contribution in [0.4, 0.5) is 0 Å². The van der Waals surface area contributed by atoms with E-state index in [4.69, 9.17) is 16.3 Å². The van der Waals surface area contributed by atoms with Gasteiger partial charge in [0.05, 0.1) is 6.04 Å². The van der Waals surface area contributed by atoms with Gasteiger partial charge in [0.15, 0.2) is 6.61 Å². The predicted octanol–water partition coefficient (Wildman–Crippen LogP) is 4.76. The molecule has 0 spiro atoms. The maximum absolute atomic E-state index is 12.4. The summed E-state index contributed by atoms with van der Waals surface area (Å²) in [6.07, 6.45) is 5.01. The zero-order chi connectivity index (χ0) is 19.8. The van der Waals surface area contributed by atoms with Gasteiger partial charge in [-0.25, -0.2) is 0 Å². The molecule has 0 saturated carbocycles. The number of hydrogen-bond donors (Lipinski definition) is 1. The SMILES string of the molecule is Cc1ccc([C@H](CNC(=O)COc2cccc(Cl)c2)N2CCCCCC2)cc1. The number of likely N-dealkylation sites (tertiary alicyclic amines) is 1. The number of carbonyl (C=O) groups excluding carboxylic acids is 1. The van der Waals surface area contributed by atoms with E-state index >= 15 is 0 Å². The van der Waals surface area contributed by atoms with Crippen LogP contribution in [0.5, 0.6) is 5.75 Å². The molecule has 1 N–H and O–H groups in total. The number of amides is 1. The van der Waals surface area contributed by atoms with Gasteiger partial charge >= 0.3 is 0 Å². The Balaban J connectivity index is 1.60. The van der Waals surface area contributed by atoms with Crippen LogP contribution in [-0.4, -0.2) is 37.0 Å². The summed E-state index contributed by atoms with van der Waals surface area (Å²) in [6, 6.07) is 15.9. The first-order valence-corrected chi connectivity index (χ1v) is 10.5. The van der Waals surface area contributed by atoms with Crippen molar-refractivity contribution in [1.29, 1.82) is 0 Å². The van der Waals surface area contributed by atoms with E-state index < -0.39 is 0 Å². The summed E-state index contributed by atoms with van der Waals surface area (Å²) in [5.74, 6) is 0.483. The van der Waals surface area contributed by atoms with Crippen LogP contribution in [0.3, 0.4) is 0 Å². The fourth-order valence-corrected chi connectivity index (χ4v) is 3.80. The monoisotopic (exact) mass is 400 g/mol. The highest BCUT2D eigenvalue weighted by atomic mass is 35.5. The normalized spacial score (nSPS) is 16.2. The van der Waals surface area contributed by atoms with Gasteiger partial charge in [-0.1, -0.05) is 60.3 Å². The Morgan fingerprint density at radius 3 is 2.50 bits per heavy atom. The van der Waals surface area contributed by atoms with Crippen LogP contribution in [0.1, 0.15) is 42.9 Å². The van der Waals surface area contributed by atoms with Crippen molar-refractivity contribution in [3.05, 3.63) is 64.7 Å². The minimum Gasteiger partial charge on any atom is -0.484 e. The van der Waals surface area contributed by atoms with Gasteiger partial charge < -0.3 is 10.1 Å². The number of benzene rings is 2. The van der Waals surface area contributed by atoms with Crippen molar-refractivity contribution in [1.82, 2.24) is 10.2 Å². The molecule has 2 aromatic carbocycles. The van der Waals surface area contributed by atoms with Crippen molar-refractivity contribution in [3.8, 4) is 5.75 Å². The first-order chi connectivity index (χ1) is 13.6. The molecule has 0 unspecified atom stereocenters. The standard InChI is InChI=1S/C23H29ClN2O2/c1-18-9-11-19(12-10-18)22(26-13-4-2-3-5-14-26)16-25-23(27)17-28-21-8-6-7-20(24)15-21/h6-12,15,22H,2-5,13-14,16-17H2,1H3,(H,25,27)/t22-/m0/s1. The van der Waals surface area contributed by atoms with Crippen LogP contribution >= 0.6 is 11.6 Å². The molecule has 1 atom stereocenters. The van der Waals surface area contributed by atoms with Crippen LogP contribution in [0, 0.1) is 6.92 Å². The molecule has 4 nitrogen and oxygen atoms in total. The van der Waals surface area contributed by atoms with E-state index in [-0.39, 0.29) is 18.6 Å². The number of ether oxygens (including phenoxy) is 1. The number of aryl methyl sites for hydroxylation is 1. The first kappa shape index (κ1) is 20.7. The summed E-state index contributed by atoms with van der Waals surface area (Å²) >= 11 is 5.96. The zero-order valence-corrected chi connectivity index (χ0v) is 17.3. The lowest BCUT2D eigenvalue weighted by molar-refractivity contribution is -0.123. The fourth-order valence-electron chi connectivity index (χ4n) is 3.62. The summed E-state index contributed by atoms with van der Waals surface area (Å²) in [6.45, 7) is 4.82. The van der Waals surface area contributed by atoms with Crippen LogP contribution in [-0.2, 0) is 4.79 Å². The van der Waals surface area contributed by atoms with Crippen LogP contribution in [0.15, 0.2) is 48.5 Å². The first-order valence-electron chi connectivity index (χ1n) is 10.1. The molecule has 1 heterocycles. The maximum Gasteiger partial charge on any atom is 0.258 e. The predicted molar refractivity (Wildman–Crippen MR) is 114 cm³/mol. The summed E-state index contributed by atoms with van der Waals surface area (Å²) in [4.78, 5) is 14.9. The average Bonchev–Trinajstić information content (AvgIpc) is 2.97. The Morgan fingerprint density at radius 1 is 1.11 bits per heavy atom. The largest absolute Gasteiger partial charge is 0.484 e. The third-order valence-corrected chi connectivity index (χ3v) is 5.44. The number of nitrogens with one attached hydrogen (secondary N) is 1. The van der Waals surface area contributed by atoms with E-state index in [9.17, 15) is 4.79 Å². The molecule has 1 aliphatic heterocycles. The molecule has 5 heteroatoms. The molecule has 3 rings (SSSR count). The summed E-state index contributed by atoms with van der Waals surface area (Å²) in [7, 11) is 0. The third kappa shape index (κ3) is 6.25. The molecule has 0 radical (unpaired) electrons. The molecule has 150 valence electrons.